The molecule has 0 aliphatic carbocycles. The minimum atomic E-state index is -0.210. The Hall–Kier alpha value is -1.78. The van der Waals surface area contributed by atoms with Crippen LogP contribution >= 0.6 is 0 Å². The quantitative estimate of drug-likeness (QED) is 0.805. The molecule has 1 rings (SSSR count). The van der Waals surface area contributed by atoms with Crippen LogP contribution in [0.25, 0.3) is 0 Å². The van der Waals surface area contributed by atoms with Crippen molar-refractivity contribution in [2.24, 2.45) is 5.92 Å². The largest absolute Gasteiger partial charge is 0.469 e. The Morgan fingerprint density at radius 1 is 1.33 bits per heavy atom. The van der Waals surface area contributed by atoms with E-state index in [0.717, 1.165) is 0 Å². The molecule has 1 heterocycles. The van der Waals surface area contributed by atoms with Gasteiger partial charge in [-0.2, -0.15) is 0 Å². The van der Waals surface area contributed by atoms with Crippen molar-refractivity contribution in [2.45, 2.75) is 27.2 Å². The average molecular weight is 252 g/mol. The van der Waals surface area contributed by atoms with E-state index in [9.17, 15) is 9.59 Å². The zero-order valence-electron chi connectivity index (χ0n) is 11.1. The van der Waals surface area contributed by atoms with E-state index >= 15 is 0 Å². The number of furan rings is 1. The van der Waals surface area contributed by atoms with E-state index in [0.29, 0.717) is 30.3 Å². The molecule has 0 bridgehead atoms. The van der Waals surface area contributed by atoms with E-state index in [4.69, 9.17) is 4.42 Å². The first kappa shape index (κ1) is 14.3. The molecule has 0 unspecified atom stereocenters. The third-order valence-electron chi connectivity index (χ3n) is 2.45. The summed E-state index contributed by atoms with van der Waals surface area (Å²) in [6.45, 7) is 6.78. The number of nitrogens with one attached hydrogen (secondary N) is 2. The van der Waals surface area contributed by atoms with Crippen LogP contribution < -0.4 is 10.6 Å². The molecular weight excluding hydrogens is 232 g/mol. The van der Waals surface area contributed by atoms with E-state index in [2.05, 4.69) is 10.6 Å². The molecule has 1 aromatic heterocycles. The second kappa shape index (κ2) is 6.83. The Balaban J connectivity index is 2.24. The minimum absolute atomic E-state index is 0.0482. The van der Waals surface area contributed by atoms with Crippen LogP contribution in [-0.4, -0.2) is 24.9 Å². The maximum absolute atomic E-state index is 11.7. The van der Waals surface area contributed by atoms with Gasteiger partial charge in [-0.3, -0.25) is 9.59 Å². The molecule has 0 saturated heterocycles. The lowest BCUT2D eigenvalue weighted by Gasteiger charge is -2.08. The number of rotatable bonds is 6. The number of amides is 2. The zero-order valence-corrected chi connectivity index (χ0v) is 11.1. The molecule has 2 amide bonds. The van der Waals surface area contributed by atoms with Crippen molar-refractivity contribution in [2.75, 3.05) is 13.1 Å². The number of aryl methyl sites for hydroxylation is 1. The van der Waals surface area contributed by atoms with E-state index in [1.165, 1.54) is 6.26 Å². The lowest BCUT2D eigenvalue weighted by Crippen LogP contribution is -2.32. The van der Waals surface area contributed by atoms with Crippen molar-refractivity contribution >= 4 is 11.8 Å². The zero-order chi connectivity index (χ0) is 13.5. The van der Waals surface area contributed by atoms with Crippen LogP contribution in [-0.2, 0) is 4.79 Å². The number of hydrogen-bond acceptors (Lipinski definition) is 3. The number of carbonyl (C=O) groups excluding carboxylic acids is 2. The van der Waals surface area contributed by atoms with Gasteiger partial charge in [0.1, 0.15) is 5.76 Å². The summed E-state index contributed by atoms with van der Waals surface area (Å²) >= 11 is 0. The first-order valence-corrected chi connectivity index (χ1v) is 6.09. The maximum atomic E-state index is 11.7. The van der Waals surface area contributed by atoms with Crippen molar-refractivity contribution in [1.29, 1.82) is 0 Å². The van der Waals surface area contributed by atoms with Gasteiger partial charge in [0, 0.05) is 19.5 Å². The Morgan fingerprint density at radius 3 is 2.61 bits per heavy atom. The number of carbonyl (C=O) groups is 2. The topological polar surface area (TPSA) is 71.3 Å². The molecule has 100 valence electrons. The summed E-state index contributed by atoms with van der Waals surface area (Å²) < 4.78 is 5.04. The molecule has 2 N–H and O–H groups in total. The van der Waals surface area contributed by atoms with Gasteiger partial charge in [-0.25, -0.2) is 0 Å². The second-order valence-electron chi connectivity index (χ2n) is 4.59. The van der Waals surface area contributed by atoms with Crippen LogP contribution in [0, 0.1) is 12.8 Å². The summed E-state index contributed by atoms with van der Waals surface area (Å²) in [5.74, 6) is 0.750. The maximum Gasteiger partial charge on any atom is 0.254 e. The highest BCUT2D eigenvalue weighted by Crippen LogP contribution is 2.07. The summed E-state index contributed by atoms with van der Waals surface area (Å²) in [4.78, 5) is 23.1. The molecule has 5 nitrogen and oxygen atoms in total. The fourth-order valence-corrected chi connectivity index (χ4v) is 1.41. The molecule has 1 aromatic rings. The molecule has 18 heavy (non-hydrogen) atoms. The summed E-state index contributed by atoms with van der Waals surface area (Å²) in [5, 5.41) is 5.48. The fourth-order valence-electron chi connectivity index (χ4n) is 1.41. The molecule has 0 aliphatic rings. The molecule has 0 radical (unpaired) electrons. The molecular formula is C13H20N2O3. The Bertz CT molecular complexity index is 410. The minimum Gasteiger partial charge on any atom is -0.469 e. The third kappa shape index (κ3) is 4.61. The van der Waals surface area contributed by atoms with Crippen LogP contribution in [0.15, 0.2) is 16.7 Å². The first-order chi connectivity index (χ1) is 8.50. The van der Waals surface area contributed by atoms with Crippen molar-refractivity contribution in [3.8, 4) is 0 Å². The van der Waals surface area contributed by atoms with E-state index in [1.54, 1.807) is 13.0 Å². The predicted molar refractivity (Wildman–Crippen MR) is 68.2 cm³/mol. The van der Waals surface area contributed by atoms with Crippen molar-refractivity contribution in [3.63, 3.8) is 0 Å². The Labute approximate surface area is 107 Å². The van der Waals surface area contributed by atoms with E-state index < -0.39 is 0 Å². The molecule has 5 heteroatoms. The van der Waals surface area contributed by atoms with Gasteiger partial charge in [0.15, 0.2) is 0 Å². The van der Waals surface area contributed by atoms with Gasteiger partial charge in [0.2, 0.25) is 5.91 Å². The van der Waals surface area contributed by atoms with Crippen LogP contribution in [0.1, 0.15) is 36.4 Å². The first-order valence-electron chi connectivity index (χ1n) is 6.09. The summed E-state index contributed by atoms with van der Waals surface area (Å²) in [7, 11) is 0. The van der Waals surface area contributed by atoms with Crippen LogP contribution in [0.5, 0.6) is 0 Å². The van der Waals surface area contributed by atoms with Gasteiger partial charge in [0.05, 0.1) is 11.8 Å². The van der Waals surface area contributed by atoms with Gasteiger partial charge in [0.25, 0.3) is 5.91 Å². The van der Waals surface area contributed by atoms with E-state index in [1.807, 2.05) is 13.8 Å². The standard InChI is InChI=1S/C13H20N2O3/c1-9(2)8-15-12(16)4-6-14-13(17)11-5-7-18-10(11)3/h5,7,9H,4,6,8H2,1-3H3,(H,14,17)(H,15,16). The third-order valence-corrected chi connectivity index (χ3v) is 2.45. The molecule has 0 fully saturated rings. The SMILES string of the molecule is Cc1occc1C(=O)NCCC(=O)NCC(C)C. The number of hydrogen-bond donors (Lipinski definition) is 2. The van der Waals surface area contributed by atoms with Crippen molar-refractivity contribution < 1.29 is 14.0 Å². The Morgan fingerprint density at radius 2 is 2.06 bits per heavy atom. The predicted octanol–water partition coefficient (Wildman–Crippen LogP) is 1.48. The van der Waals surface area contributed by atoms with Crippen LogP contribution in [0.2, 0.25) is 0 Å². The highest BCUT2D eigenvalue weighted by atomic mass is 16.3. The summed E-state index contributed by atoms with van der Waals surface area (Å²) in [5.41, 5.74) is 0.512. The normalized spacial score (nSPS) is 10.4. The van der Waals surface area contributed by atoms with Crippen LogP contribution in [0.4, 0.5) is 0 Å². The highest BCUT2D eigenvalue weighted by molar-refractivity contribution is 5.95. The molecule has 0 aliphatic heterocycles. The molecule has 0 aromatic carbocycles. The smallest absolute Gasteiger partial charge is 0.254 e. The summed E-state index contributed by atoms with van der Waals surface area (Å²) in [6, 6.07) is 1.61. The molecule has 0 atom stereocenters. The summed E-state index contributed by atoms with van der Waals surface area (Å²) in [6.07, 6.45) is 1.76. The van der Waals surface area contributed by atoms with Gasteiger partial charge in [-0.1, -0.05) is 13.8 Å². The van der Waals surface area contributed by atoms with E-state index in [-0.39, 0.29) is 18.2 Å². The van der Waals surface area contributed by atoms with Gasteiger partial charge in [-0.05, 0) is 18.9 Å². The van der Waals surface area contributed by atoms with Crippen LogP contribution in [0.3, 0.4) is 0 Å². The lowest BCUT2D eigenvalue weighted by atomic mass is 10.2. The van der Waals surface area contributed by atoms with Gasteiger partial charge in [-0.15, -0.1) is 0 Å². The van der Waals surface area contributed by atoms with Crippen molar-refractivity contribution in [3.05, 3.63) is 23.7 Å². The average Bonchev–Trinajstić information content (AvgIpc) is 2.72. The fraction of sp³-hybridized carbons (Fsp3) is 0.538. The molecule has 0 saturated carbocycles. The Kier molecular flexibility index (Phi) is 5.42. The molecule has 0 spiro atoms. The monoisotopic (exact) mass is 252 g/mol. The second-order valence-corrected chi connectivity index (χ2v) is 4.59. The van der Waals surface area contributed by atoms with Gasteiger partial charge < -0.3 is 15.1 Å². The lowest BCUT2D eigenvalue weighted by molar-refractivity contribution is -0.121. The van der Waals surface area contributed by atoms with Gasteiger partial charge >= 0.3 is 0 Å². The highest BCUT2D eigenvalue weighted by Gasteiger charge is 2.11. The van der Waals surface area contributed by atoms with Crippen molar-refractivity contribution in [1.82, 2.24) is 10.6 Å².